The zero-order chi connectivity index (χ0) is 24.8. The van der Waals surface area contributed by atoms with Crippen molar-refractivity contribution in [2.24, 2.45) is 0 Å². The number of rotatable bonds is 8. The summed E-state index contributed by atoms with van der Waals surface area (Å²) in [6.07, 6.45) is 0.219. The molecule has 0 aliphatic heterocycles. The quantitative estimate of drug-likeness (QED) is 0.260. The molecule has 0 aliphatic rings. The van der Waals surface area contributed by atoms with Crippen LogP contribution in [-0.2, 0) is 11.2 Å². The van der Waals surface area contributed by atoms with Gasteiger partial charge in [0.05, 0.1) is 24.1 Å². The van der Waals surface area contributed by atoms with E-state index in [1.165, 1.54) is 4.57 Å². The number of amides is 1. The third kappa shape index (κ3) is 6.03. The van der Waals surface area contributed by atoms with Gasteiger partial charge in [0, 0.05) is 17.1 Å². The molecule has 0 fully saturated rings. The number of benzene rings is 3. The van der Waals surface area contributed by atoms with E-state index in [-0.39, 0.29) is 34.7 Å². The van der Waals surface area contributed by atoms with Crippen LogP contribution in [0.3, 0.4) is 0 Å². The van der Waals surface area contributed by atoms with E-state index in [2.05, 4.69) is 10.3 Å². The minimum atomic E-state index is -0.410. The molecule has 3 aromatic carbocycles. The molecule has 1 amide bonds. The lowest BCUT2D eigenvalue weighted by Crippen LogP contribution is -2.26. The third-order valence-corrected chi connectivity index (χ3v) is 6.33. The van der Waals surface area contributed by atoms with E-state index < -0.39 is 5.56 Å². The maximum Gasteiger partial charge on any atom is 0.266 e. The monoisotopic (exact) mass is 507 g/mol. The van der Waals surface area contributed by atoms with Crippen LogP contribution in [0.4, 0.5) is 5.69 Å². The molecule has 0 saturated carbocycles. The Kier molecular flexibility index (Phi) is 7.74. The number of ether oxygens (including phenoxy) is 1. The van der Waals surface area contributed by atoms with E-state index in [9.17, 15) is 14.7 Å². The molecule has 7 nitrogen and oxygen atoms in total. The van der Waals surface area contributed by atoms with Crippen molar-refractivity contribution in [3.8, 4) is 17.3 Å². The van der Waals surface area contributed by atoms with E-state index >= 15 is 0 Å². The second-order valence-corrected chi connectivity index (χ2v) is 8.92. The minimum absolute atomic E-state index is 0.0251. The smallest absolute Gasteiger partial charge is 0.266 e. The normalized spacial score (nSPS) is 10.7. The number of hydrogen-bond acceptors (Lipinski definition) is 6. The second kappa shape index (κ2) is 11.1. The summed E-state index contributed by atoms with van der Waals surface area (Å²) in [5, 5.41) is 14.2. The molecule has 0 unspecified atom stereocenters. The Hall–Kier alpha value is -3.75. The molecule has 35 heavy (non-hydrogen) atoms. The molecule has 0 radical (unpaired) electrons. The molecule has 0 aliphatic carbocycles. The van der Waals surface area contributed by atoms with Crippen molar-refractivity contribution in [3.63, 3.8) is 0 Å². The van der Waals surface area contributed by atoms with Gasteiger partial charge in [-0.3, -0.25) is 14.2 Å². The van der Waals surface area contributed by atoms with Crippen molar-refractivity contribution in [1.29, 1.82) is 0 Å². The van der Waals surface area contributed by atoms with E-state index in [0.717, 1.165) is 17.3 Å². The molecule has 0 atom stereocenters. The second-order valence-electron chi connectivity index (χ2n) is 7.54. The predicted molar refractivity (Wildman–Crippen MR) is 138 cm³/mol. The molecular weight excluding hydrogens is 486 g/mol. The van der Waals surface area contributed by atoms with Crippen LogP contribution >= 0.6 is 23.4 Å². The van der Waals surface area contributed by atoms with Crippen LogP contribution in [0.2, 0.25) is 5.02 Å². The van der Waals surface area contributed by atoms with E-state index in [4.69, 9.17) is 16.3 Å². The van der Waals surface area contributed by atoms with E-state index in [1.54, 1.807) is 55.6 Å². The van der Waals surface area contributed by atoms with Gasteiger partial charge < -0.3 is 15.2 Å². The van der Waals surface area contributed by atoms with E-state index in [1.807, 2.05) is 30.3 Å². The first kappa shape index (κ1) is 24.4. The Bertz CT molecular complexity index is 1380. The summed E-state index contributed by atoms with van der Waals surface area (Å²) in [6.45, 7) is 0. The zero-order valence-corrected chi connectivity index (χ0v) is 20.3. The summed E-state index contributed by atoms with van der Waals surface area (Å²) in [5.74, 6) is -0.0394. The molecule has 0 spiro atoms. The summed E-state index contributed by atoms with van der Waals surface area (Å²) in [5.41, 5.74) is 1.76. The van der Waals surface area contributed by atoms with Crippen molar-refractivity contribution in [2.75, 3.05) is 18.2 Å². The first-order valence-electron chi connectivity index (χ1n) is 10.7. The summed E-state index contributed by atoms with van der Waals surface area (Å²) >= 11 is 6.94. The fourth-order valence-corrected chi connectivity index (χ4v) is 4.32. The van der Waals surface area contributed by atoms with Crippen molar-refractivity contribution in [3.05, 3.63) is 105 Å². The Morgan fingerprint density at radius 1 is 1.06 bits per heavy atom. The van der Waals surface area contributed by atoms with Gasteiger partial charge >= 0.3 is 0 Å². The minimum Gasteiger partial charge on any atom is -0.497 e. The number of aromatic nitrogens is 2. The number of carbonyl (C=O) groups excluding carboxylic acids is 1. The number of methoxy groups -OCH3 is 1. The van der Waals surface area contributed by atoms with Gasteiger partial charge in [-0.15, -0.1) is 0 Å². The van der Waals surface area contributed by atoms with Crippen LogP contribution in [0.1, 0.15) is 11.1 Å². The number of nitrogens with zero attached hydrogens (tertiary/aromatic N) is 2. The maximum atomic E-state index is 13.5. The Balaban J connectivity index is 1.66. The Morgan fingerprint density at radius 3 is 2.40 bits per heavy atom. The van der Waals surface area contributed by atoms with Crippen molar-refractivity contribution in [2.45, 2.75) is 11.6 Å². The molecule has 4 aromatic rings. The first-order chi connectivity index (χ1) is 16.9. The third-order valence-electron chi connectivity index (χ3n) is 5.14. The van der Waals surface area contributed by atoms with Crippen molar-refractivity contribution >= 4 is 35.0 Å². The van der Waals surface area contributed by atoms with Crippen molar-refractivity contribution in [1.82, 2.24) is 9.55 Å². The molecule has 2 N–H and O–H groups in total. The first-order valence-corrected chi connectivity index (χ1v) is 12.0. The number of anilines is 1. The number of nitrogens with one attached hydrogen (secondary N) is 1. The number of hydrogen-bond donors (Lipinski definition) is 2. The molecule has 0 saturated heterocycles. The highest BCUT2D eigenvalue weighted by atomic mass is 35.5. The largest absolute Gasteiger partial charge is 0.497 e. The molecule has 178 valence electrons. The van der Waals surface area contributed by atoms with Crippen LogP contribution in [0.5, 0.6) is 11.6 Å². The van der Waals surface area contributed by atoms with Gasteiger partial charge in [-0.05, 0) is 54.1 Å². The maximum absolute atomic E-state index is 13.5. The number of halogens is 1. The Labute approximate surface area is 211 Å². The zero-order valence-electron chi connectivity index (χ0n) is 18.8. The summed E-state index contributed by atoms with van der Waals surface area (Å²) in [4.78, 5) is 30.4. The summed E-state index contributed by atoms with van der Waals surface area (Å²) in [6, 6.07) is 23.0. The fraction of sp³-hybridized carbons (Fsp3) is 0.115. The van der Waals surface area contributed by atoms with Gasteiger partial charge in [0.1, 0.15) is 5.75 Å². The van der Waals surface area contributed by atoms with Crippen LogP contribution in [0, 0.1) is 0 Å². The lowest BCUT2D eigenvalue weighted by atomic mass is 10.1. The molecular formula is C26H22ClN3O4S. The number of aromatic hydroxyl groups is 1. The topological polar surface area (TPSA) is 93.4 Å². The highest BCUT2D eigenvalue weighted by molar-refractivity contribution is 7.99. The number of thioether (sulfide) groups is 1. The van der Waals surface area contributed by atoms with E-state index in [0.29, 0.717) is 22.1 Å². The van der Waals surface area contributed by atoms with Gasteiger partial charge in [-0.2, -0.15) is 4.98 Å². The SMILES string of the molecule is COc1ccc(-n2c(SCC(=O)Nc3ccc(Cl)cc3)nc(O)c(Cc3ccccc3)c2=O)cc1. The van der Waals surface area contributed by atoms with Crippen LogP contribution < -0.4 is 15.6 Å². The van der Waals surface area contributed by atoms with Gasteiger partial charge in [0.2, 0.25) is 11.8 Å². The fourth-order valence-electron chi connectivity index (χ4n) is 3.40. The summed E-state index contributed by atoms with van der Waals surface area (Å²) in [7, 11) is 1.56. The van der Waals surface area contributed by atoms with Crippen LogP contribution in [-0.4, -0.2) is 33.4 Å². The molecule has 1 aromatic heterocycles. The Morgan fingerprint density at radius 2 is 1.74 bits per heavy atom. The van der Waals surface area contributed by atoms with Crippen LogP contribution in [0.25, 0.3) is 5.69 Å². The molecule has 0 bridgehead atoms. The van der Waals surface area contributed by atoms with Gasteiger partial charge in [0.15, 0.2) is 5.16 Å². The van der Waals surface area contributed by atoms with Gasteiger partial charge in [-0.25, -0.2) is 0 Å². The highest BCUT2D eigenvalue weighted by Crippen LogP contribution is 2.25. The highest BCUT2D eigenvalue weighted by Gasteiger charge is 2.19. The van der Waals surface area contributed by atoms with Crippen molar-refractivity contribution < 1.29 is 14.6 Å². The lowest BCUT2D eigenvalue weighted by molar-refractivity contribution is -0.113. The predicted octanol–water partition coefficient (Wildman–Crippen LogP) is 4.92. The van der Waals surface area contributed by atoms with Crippen LogP contribution in [0.15, 0.2) is 88.8 Å². The van der Waals surface area contributed by atoms with Gasteiger partial charge in [-0.1, -0.05) is 53.7 Å². The standard InChI is InChI=1S/C26H22ClN3O4S/c1-34-21-13-11-20(12-14-21)30-25(33)22(15-17-5-3-2-4-6-17)24(32)29-26(30)35-16-23(31)28-19-9-7-18(27)8-10-19/h2-14,32H,15-16H2,1H3,(H,28,31). The molecule has 1 heterocycles. The molecule has 9 heteroatoms. The molecule has 4 rings (SSSR count). The van der Waals surface area contributed by atoms with Gasteiger partial charge in [0.25, 0.3) is 5.56 Å². The average molecular weight is 508 g/mol. The lowest BCUT2D eigenvalue weighted by Gasteiger charge is -2.15. The average Bonchev–Trinajstić information content (AvgIpc) is 2.87. The number of carbonyl (C=O) groups is 1. The summed E-state index contributed by atoms with van der Waals surface area (Å²) < 4.78 is 6.62.